The van der Waals surface area contributed by atoms with Crippen LogP contribution in [0.2, 0.25) is 10.2 Å². The first-order valence-corrected chi connectivity index (χ1v) is 6.87. The molecule has 0 unspecified atom stereocenters. The van der Waals surface area contributed by atoms with Crippen LogP contribution in [0.4, 0.5) is 0 Å². The van der Waals surface area contributed by atoms with Crippen molar-refractivity contribution < 1.29 is 0 Å². The zero-order chi connectivity index (χ0) is 13.5. The molecule has 18 heavy (non-hydrogen) atoms. The summed E-state index contributed by atoms with van der Waals surface area (Å²) >= 11 is 12.0. The summed E-state index contributed by atoms with van der Waals surface area (Å²) in [5, 5.41) is 7.55. The van der Waals surface area contributed by atoms with Gasteiger partial charge in [0.05, 0.1) is 11.6 Å². The summed E-state index contributed by atoms with van der Waals surface area (Å²) in [5.74, 6) is 0.813. The van der Waals surface area contributed by atoms with Gasteiger partial charge in [-0.25, -0.2) is 4.99 Å². The molecule has 0 aromatic carbocycles. The number of nitrogens with zero attached hydrogens (tertiary/aromatic N) is 2. The lowest BCUT2D eigenvalue weighted by Gasteiger charge is -2.10. The molecule has 0 bridgehead atoms. The van der Waals surface area contributed by atoms with Gasteiger partial charge in [0.1, 0.15) is 5.15 Å². The molecule has 1 aromatic rings. The number of aromatic nitrogens is 1. The molecule has 0 spiro atoms. The summed E-state index contributed by atoms with van der Waals surface area (Å²) in [6, 6.07) is 1.84. The molecule has 0 saturated carbocycles. The van der Waals surface area contributed by atoms with Crippen molar-refractivity contribution in [2.24, 2.45) is 12.0 Å². The van der Waals surface area contributed by atoms with E-state index < -0.39 is 0 Å². The van der Waals surface area contributed by atoms with Gasteiger partial charge in [-0.1, -0.05) is 30.1 Å². The molecule has 0 radical (unpaired) electrons. The maximum atomic E-state index is 6.01. The third kappa shape index (κ3) is 4.10. The van der Waals surface area contributed by atoms with Crippen molar-refractivity contribution in [3.63, 3.8) is 0 Å². The normalized spacial score (nSPS) is 11.7. The lowest BCUT2D eigenvalue weighted by atomic mass is 10.4. The first-order chi connectivity index (χ1) is 8.60. The van der Waals surface area contributed by atoms with E-state index in [2.05, 4.69) is 22.5 Å². The molecule has 1 aromatic heterocycles. The van der Waals surface area contributed by atoms with Crippen molar-refractivity contribution in [2.75, 3.05) is 13.1 Å². The minimum Gasteiger partial charge on any atom is -0.357 e. The Labute approximate surface area is 118 Å². The standard InChI is InChI=1S/C12H20Cl2N4/c1-4-6-16-12(15-5-2)17-8-9-7-10(13)11(14)18(9)3/h7H,4-6,8H2,1-3H3,(H2,15,16,17). The van der Waals surface area contributed by atoms with E-state index in [1.54, 1.807) is 0 Å². The Morgan fingerprint density at radius 2 is 2.06 bits per heavy atom. The molecule has 0 amide bonds. The number of nitrogens with one attached hydrogen (secondary N) is 2. The molecule has 0 fully saturated rings. The molecule has 6 heteroatoms. The smallest absolute Gasteiger partial charge is 0.191 e. The second-order valence-corrected chi connectivity index (χ2v) is 4.72. The van der Waals surface area contributed by atoms with Crippen LogP contribution in [0, 0.1) is 0 Å². The van der Waals surface area contributed by atoms with Crippen molar-refractivity contribution in [1.82, 2.24) is 15.2 Å². The summed E-state index contributed by atoms with van der Waals surface area (Å²) in [5.41, 5.74) is 0.985. The maximum absolute atomic E-state index is 6.01. The molecule has 0 aliphatic rings. The predicted octanol–water partition coefficient (Wildman–Crippen LogP) is 2.80. The van der Waals surface area contributed by atoms with Gasteiger partial charge in [0, 0.05) is 25.8 Å². The summed E-state index contributed by atoms with van der Waals surface area (Å²) < 4.78 is 1.84. The zero-order valence-corrected chi connectivity index (χ0v) is 12.6. The third-order valence-corrected chi connectivity index (χ3v) is 3.34. The molecular formula is C12H20Cl2N4. The average Bonchev–Trinajstić information content (AvgIpc) is 2.60. The molecule has 0 aliphatic heterocycles. The first kappa shape index (κ1) is 15.2. The monoisotopic (exact) mass is 290 g/mol. The first-order valence-electron chi connectivity index (χ1n) is 6.11. The molecule has 102 valence electrons. The number of hydrogen-bond acceptors (Lipinski definition) is 1. The highest BCUT2D eigenvalue weighted by Gasteiger charge is 2.08. The van der Waals surface area contributed by atoms with E-state index in [1.165, 1.54) is 0 Å². The lowest BCUT2D eigenvalue weighted by Crippen LogP contribution is -2.37. The van der Waals surface area contributed by atoms with Crippen molar-refractivity contribution in [2.45, 2.75) is 26.8 Å². The van der Waals surface area contributed by atoms with Crippen LogP contribution in [0.5, 0.6) is 0 Å². The van der Waals surface area contributed by atoms with Crippen LogP contribution in [0.15, 0.2) is 11.1 Å². The quantitative estimate of drug-likeness (QED) is 0.647. The third-order valence-electron chi connectivity index (χ3n) is 2.50. The highest BCUT2D eigenvalue weighted by Crippen LogP contribution is 2.25. The number of hydrogen-bond donors (Lipinski definition) is 2. The second-order valence-electron chi connectivity index (χ2n) is 3.96. The van der Waals surface area contributed by atoms with Gasteiger partial charge >= 0.3 is 0 Å². The number of guanidine groups is 1. The van der Waals surface area contributed by atoms with E-state index in [0.29, 0.717) is 16.7 Å². The van der Waals surface area contributed by atoms with Gasteiger partial charge in [-0.2, -0.15) is 0 Å². The number of rotatable bonds is 5. The van der Waals surface area contributed by atoms with Crippen molar-refractivity contribution in [3.05, 3.63) is 21.9 Å². The Morgan fingerprint density at radius 3 is 2.56 bits per heavy atom. The summed E-state index contributed by atoms with van der Waals surface area (Å²) in [7, 11) is 1.88. The fraction of sp³-hybridized carbons (Fsp3) is 0.583. The summed E-state index contributed by atoms with van der Waals surface area (Å²) in [4.78, 5) is 4.49. The topological polar surface area (TPSA) is 41.4 Å². The van der Waals surface area contributed by atoms with E-state index in [0.717, 1.165) is 31.2 Å². The van der Waals surface area contributed by atoms with Gasteiger partial charge in [-0.15, -0.1) is 0 Å². The summed E-state index contributed by atoms with van der Waals surface area (Å²) in [6.07, 6.45) is 1.06. The second kappa shape index (κ2) is 7.54. The van der Waals surface area contributed by atoms with Gasteiger partial charge in [-0.3, -0.25) is 0 Å². The minimum atomic E-state index is 0.544. The van der Waals surface area contributed by atoms with Gasteiger partial charge in [0.15, 0.2) is 5.96 Å². The lowest BCUT2D eigenvalue weighted by molar-refractivity contribution is 0.771. The van der Waals surface area contributed by atoms with Crippen LogP contribution in [-0.2, 0) is 13.6 Å². The molecular weight excluding hydrogens is 271 g/mol. The average molecular weight is 291 g/mol. The van der Waals surface area contributed by atoms with Crippen LogP contribution in [0.1, 0.15) is 26.0 Å². The summed E-state index contributed by atoms with van der Waals surface area (Å²) in [6.45, 7) is 6.44. The largest absolute Gasteiger partial charge is 0.357 e. The fourth-order valence-electron chi connectivity index (χ4n) is 1.49. The SMILES string of the molecule is CCCNC(=NCc1cc(Cl)c(Cl)n1C)NCC. The van der Waals surface area contributed by atoms with Gasteiger partial charge in [0.2, 0.25) is 0 Å². The maximum Gasteiger partial charge on any atom is 0.191 e. The van der Waals surface area contributed by atoms with Gasteiger partial charge in [-0.05, 0) is 19.4 Å². The number of halogens is 2. The molecule has 1 heterocycles. The molecule has 0 saturated heterocycles. The van der Waals surface area contributed by atoms with Crippen molar-refractivity contribution in [1.29, 1.82) is 0 Å². The fourth-order valence-corrected chi connectivity index (χ4v) is 1.90. The van der Waals surface area contributed by atoms with Crippen LogP contribution in [0.3, 0.4) is 0 Å². The zero-order valence-electron chi connectivity index (χ0n) is 11.1. The molecule has 0 aliphatic carbocycles. The molecule has 1 rings (SSSR count). The van der Waals surface area contributed by atoms with E-state index in [-0.39, 0.29) is 0 Å². The molecule has 0 atom stereocenters. The van der Waals surface area contributed by atoms with Gasteiger partial charge < -0.3 is 15.2 Å². The van der Waals surface area contributed by atoms with E-state index >= 15 is 0 Å². The Kier molecular flexibility index (Phi) is 6.36. The predicted molar refractivity (Wildman–Crippen MR) is 78.5 cm³/mol. The van der Waals surface area contributed by atoms with Crippen LogP contribution in [-0.4, -0.2) is 23.6 Å². The minimum absolute atomic E-state index is 0.544. The molecule has 2 N–H and O–H groups in total. The van der Waals surface area contributed by atoms with Gasteiger partial charge in [0.25, 0.3) is 0 Å². The van der Waals surface area contributed by atoms with Crippen LogP contribution < -0.4 is 10.6 Å². The van der Waals surface area contributed by atoms with Crippen LogP contribution in [0.25, 0.3) is 0 Å². The number of aliphatic imine (C=N–C) groups is 1. The van der Waals surface area contributed by atoms with E-state index in [4.69, 9.17) is 23.2 Å². The van der Waals surface area contributed by atoms with E-state index in [1.807, 2.05) is 24.6 Å². The Hall–Kier alpha value is -0.870. The highest BCUT2D eigenvalue weighted by molar-refractivity contribution is 6.41. The Morgan fingerprint density at radius 1 is 1.33 bits per heavy atom. The van der Waals surface area contributed by atoms with Crippen molar-refractivity contribution in [3.8, 4) is 0 Å². The highest BCUT2D eigenvalue weighted by atomic mass is 35.5. The van der Waals surface area contributed by atoms with Crippen molar-refractivity contribution >= 4 is 29.2 Å². The Balaban J connectivity index is 2.71. The van der Waals surface area contributed by atoms with E-state index in [9.17, 15) is 0 Å². The van der Waals surface area contributed by atoms with Crippen LogP contribution >= 0.6 is 23.2 Å². The Bertz CT molecular complexity index is 412. The molecule has 4 nitrogen and oxygen atoms in total.